The fourth-order valence-corrected chi connectivity index (χ4v) is 2.05. The molecule has 1 spiro atoms. The molecule has 2 nitrogen and oxygen atoms in total. The van der Waals surface area contributed by atoms with E-state index in [4.69, 9.17) is 0 Å². The van der Waals surface area contributed by atoms with Gasteiger partial charge in [-0.15, -0.1) is 0 Å². The number of hydrogen-bond donors (Lipinski definition) is 1. The van der Waals surface area contributed by atoms with Crippen LogP contribution in [0.5, 0.6) is 0 Å². The Labute approximate surface area is 81.0 Å². The van der Waals surface area contributed by atoms with Crippen LogP contribution in [-0.2, 0) is 0 Å². The van der Waals surface area contributed by atoms with E-state index in [1.165, 1.54) is 26.1 Å². The summed E-state index contributed by atoms with van der Waals surface area (Å²) in [6.07, 6.45) is 6.01. The second-order valence-electron chi connectivity index (χ2n) is 5.40. The molecule has 1 fully saturated rings. The van der Waals surface area contributed by atoms with Crippen molar-refractivity contribution in [3.05, 3.63) is 12.3 Å². The highest BCUT2D eigenvalue weighted by Crippen LogP contribution is 2.34. The second-order valence-corrected chi connectivity index (χ2v) is 5.40. The zero-order valence-electron chi connectivity index (χ0n) is 8.93. The Bertz CT molecular complexity index is 221. The van der Waals surface area contributed by atoms with Crippen LogP contribution in [0.4, 0.5) is 0 Å². The molecule has 0 atom stereocenters. The van der Waals surface area contributed by atoms with Crippen LogP contribution >= 0.6 is 0 Å². The summed E-state index contributed by atoms with van der Waals surface area (Å²) in [6.45, 7) is 10.4. The van der Waals surface area contributed by atoms with E-state index >= 15 is 0 Å². The van der Waals surface area contributed by atoms with Crippen LogP contribution in [0.3, 0.4) is 0 Å². The predicted molar refractivity (Wildman–Crippen MR) is 55.5 cm³/mol. The van der Waals surface area contributed by atoms with Gasteiger partial charge in [0.2, 0.25) is 0 Å². The van der Waals surface area contributed by atoms with Crippen LogP contribution < -0.4 is 5.32 Å². The van der Waals surface area contributed by atoms with E-state index in [9.17, 15) is 0 Å². The van der Waals surface area contributed by atoms with Crippen LogP contribution in [0.1, 0.15) is 27.2 Å². The van der Waals surface area contributed by atoms with E-state index in [-0.39, 0.29) is 5.54 Å². The Morgan fingerprint density at radius 1 is 1.31 bits per heavy atom. The SMILES string of the molecule is CC(C)(C)N1C=CC2(CC1)CNC2. The van der Waals surface area contributed by atoms with Gasteiger partial charge in [0.05, 0.1) is 0 Å². The number of rotatable bonds is 0. The average Bonchev–Trinajstić information content (AvgIpc) is 2.00. The summed E-state index contributed by atoms with van der Waals surface area (Å²) in [6, 6.07) is 0. The van der Waals surface area contributed by atoms with Crippen molar-refractivity contribution in [3.8, 4) is 0 Å². The molecule has 2 aliphatic heterocycles. The van der Waals surface area contributed by atoms with Crippen LogP contribution in [0.25, 0.3) is 0 Å². The van der Waals surface area contributed by atoms with Crippen molar-refractivity contribution >= 4 is 0 Å². The first kappa shape index (κ1) is 9.07. The lowest BCUT2D eigenvalue weighted by Gasteiger charge is -2.47. The van der Waals surface area contributed by atoms with Gasteiger partial charge in [-0.25, -0.2) is 0 Å². The largest absolute Gasteiger partial charge is 0.373 e. The third-order valence-electron chi connectivity index (χ3n) is 3.27. The normalized spacial score (nSPS) is 26.2. The maximum atomic E-state index is 3.36. The lowest BCUT2D eigenvalue weighted by Crippen LogP contribution is -2.56. The molecule has 0 amide bonds. The topological polar surface area (TPSA) is 15.3 Å². The van der Waals surface area contributed by atoms with Gasteiger partial charge in [-0.2, -0.15) is 0 Å². The Kier molecular flexibility index (Phi) is 1.91. The summed E-state index contributed by atoms with van der Waals surface area (Å²) in [5.41, 5.74) is 0.803. The van der Waals surface area contributed by atoms with Crippen molar-refractivity contribution in [2.75, 3.05) is 19.6 Å². The zero-order valence-corrected chi connectivity index (χ0v) is 8.93. The highest BCUT2D eigenvalue weighted by atomic mass is 15.2. The molecular formula is C11H20N2. The first-order valence-electron chi connectivity index (χ1n) is 5.19. The van der Waals surface area contributed by atoms with Gasteiger partial charge in [0.25, 0.3) is 0 Å². The monoisotopic (exact) mass is 180 g/mol. The first-order valence-corrected chi connectivity index (χ1v) is 5.19. The van der Waals surface area contributed by atoms with Gasteiger partial charge < -0.3 is 10.2 Å². The Morgan fingerprint density at radius 2 is 2.00 bits per heavy atom. The molecule has 1 saturated heterocycles. The summed E-state index contributed by atoms with van der Waals surface area (Å²) in [4.78, 5) is 2.44. The fraction of sp³-hybridized carbons (Fsp3) is 0.818. The van der Waals surface area contributed by atoms with Crippen LogP contribution in [-0.4, -0.2) is 30.1 Å². The maximum Gasteiger partial charge on any atom is 0.0312 e. The summed E-state index contributed by atoms with van der Waals surface area (Å²) in [5.74, 6) is 0. The lowest BCUT2D eigenvalue weighted by atomic mass is 9.76. The summed E-state index contributed by atoms with van der Waals surface area (Å²) >= 11 is 0. The van der Waals surface area contributed by atoms with Gasteiger partial charge in [-0.05, 0) is 33.4 Å². The summed E-state index contributed by atoms with van der Waals surface area (Å²) in [5, 5.41) is 3.36. The zero-order chi connectivity index (χ0) is 9.53. The van der Waals surface area contributed by atoms with Crippen LogP contribution in [0.2, 0.25) is 0 Å². The van der Waals surface area contributed by atoms with Crippen LogP contribution in [0, 0.1) is 5.41 Å². The number of nitrogens with zero attached hydrogens (tertiary/aromatic N) is 1. The Morgan fingerprint density at radius 3 is 2.31 bits per heavy atom. The van der Waals surface area contributed by atoms with E-state index in [1.807, 2.05) is 0 Å². The molecule has 1 N–H and O–H groups in total. The van der Waals surface area contributed by atoms with Crippen molar-refractivity contribution in [2.24, 2.45) is 5.41 Å². The van der Waals surface area contributed by atoms with Crippen LogP contribution in [0.15, 0.2) is 12.3 Å². The van der Waals surface area contributed by atoms with Gasteiger partial charge in [0, 0.05) is 30.6 Å². The molecule has 0 unspecified atom stereocenters. The first-order chi connectivity index (χ1) is 6.02. The molecule has 0 bridgehead atoms. The molecule has 0 aliphatic carbocycles. The van der Waals surface area contributed by atoms with E-state index in [0.717, 1.165) is 0 Å². The van der Waals surface area contributed by atoms with E-state index in [2.05, 4.69) is 43.3 Å². The predicted octanol–water partition coefficient (Wildman–Crippen LogP) is 1.59. The number of hydrogen-bond acceptors (Lipinski definition) is 2. The number of nitrogens with one attached hydrogen (secondary N) is 1. The third-order valence-corrected chi connectivity index (χ3v) is 3.27. The highest BCUT2D eigenvalue weighted by Gasteiger charge is 2.37. The summed E-state index contributed by atoms with van der Waals surface area (Å²) < 4.78 is 0. The Balaban J connectivity index is 2.04. The van der Waals surface area contributed by atoms with Crippen molar-refractivity contribution in [1.82, 2.24) is 10.2 Å². The molecule has 2 heterocycles. The molecule has 2 aliphatic rings. The van der Waals surface area contributed by atoms with Gasteiger partial charge in [-0.1, -0.05) is 6.08 Å². The molecular weight excluding hydrogens is 160 g/mol. The molecule has 0 aromatic carbocycles. The van der Waals surface area contributed by atoms with E-state index in [0.29, 0.717) is 5.41 Å². The standard InChI is InChI=1S/C11H20N2/c1-10(2,3)13-6-4-11(5-7-13)8-12-9-11/h4,6,12H,5,7-9H2,1-3H3. The Hall–Kier alpha value is -0.500. The molecule has 74 valence electrons. The minimum Gasteiger partial charge on any atom is -0.373 e. The van der Waals surface area contributed by atoms with Crippen molar-refractivity contribution in [3.63, 3.8) is 0 Å². The van der Waals surface area contributed by atoms with Crippen molar-refractivity contribution in [1.29, 1.82) is 0 Å². The molecule has 0 aromatic rings. The van der Waals surface area contributed by atoms with E-state index in [1.54, 1.807) is 0 Å². The second kappa shape index (κ2) is 2.74. The molecule has 0 aromatic heterocycles. The fourth-order valence-electron chi connectivity index (χ4n) is 2.05. The quantitative estimate of drug-likeness (QED) is 0.609. The maximum absolute atomic E-state index is 3.36. The molecule has 0 saturated carbocycles. The smallest absolute Gasteiger partial charge is 0.0312 e. The lowest BCUT2D eigenvalue weighted by molar-refractivity contribution is 0.123. The minimum atomic E-state index is 0.287. The van der Waals surface area contributed by atoms with E-state index < -0.39 is 0 Å². The molecule has 2 rings (SSSR count). The van der Waals surface area contributed by atoms with Gasteiger partial charge >= 0.3 is 0 Å². The highest BCUT2D eigenvalue weighted by molar-refractivity contribution is 5.12. The van der Waals surface area contributed by atoms with Crippen molar-refractivity contribution < 1.29 is 0 Å². The van der Waals surface area contributed by atoms with Crippen molar-refractivity contribution in [2.45, 2.75) is 32.7 Å². The minimum absolute atomic E-state index is 0.287. The van der Waals surface area contributed by atoms with Gasteiger partial charge in [-0.3, -0.25) is 0 Å². The molecule has 2 heteroatoms. The van der Waals surface area contributed by atoms with Gasteiger partial charge in [0.15, 0.2) is 0 Å². The van der Waals surface area contributed by atoms with Gasteiger partial charge in [0.1, 0.15) is 0 Å². The molecule has 0 radical (unpaired) electrons. The summed E-state index contributed by atoms with van der Waals surface area (Å²) in [7, 11) is 0. The molecule has 13 heavy (non-hydrogen) atoms. The average molecular weight is 180 g/mol. The third kappa shape index (κ3) is 1.60.